The summed E-state index contributed by atoms with van der Waals surface area (Å²) in [7, 11) is 0. The molecule has 0 spiro atoms. The molecule has 0 saturated heterocycles. The molecule has 1 aromatic carbocycles. The number of rotatable bonds is 3. The summed E-state index contributed by atoms with van der Waals surface area (Å²) in [4.78, 5) is 4.55. The van der Waals surface area contributed by atoms with Gasteiger partial charge >= 0.3 is 0 Å². The number of nitrogens with one attached hydrogen (secondary N) is 1. The zero-order valence-electron chi connectivity index (χ0n) is 11.9. The molecule has 106 valence electrons. The lowest BCUT2D eigenvalue weighted by Crippen LogP contribution is -2.33. The van der Waals surface area contributed by atoms with E-state index < -0.39 is 0 Å². The van der Waals surface area contributed by atoms with E-state index >= 15 is 0 Å². The van der Waals surface area contributed by atoms with Crippen molar-refractivity contribution in [2.75, 3.05) is 0 Å². The minimum atomic E-state index is 0.668. The van der Waals surface area contributed by atoms with Crippen LogP contribution in [0.25, 0.3) is 10.9 Å². The molecule has 20 heavy (non-hydrogen) atoms. The molecule has 1 heterocycles. The van der Waals surface area contributed by atoms with Gasteiger partial charge in [-0.1, -0.05) is 47.8 Å². The van der Waals surface area contributed by atoms with Gasteiger partial charge in [-0.2, -0.15) is 0 Å². The number of hydrogen-bond donors (Lipinski definition) is 1. The normalized spacial score (nSPS) is 23.1. The highest BCUT2D eigenvalue weighted by Crippen LogP contribution is 2.27. The first-order chi connectivity index (χ1) is 9.74. The van der Waals surface area contributed by atoms with Crippen molar-refractivity contribution in [1.82, 2.24) is 10.3 Å². The molecule has 2 atom stereocenters. The third kappa shape index (κ3) is 3.04. The van der Waals surface area contributed by atoms with E-state index in [0.29, 0.717) is 6.04 Å². The van der Waals surface area contributed by atoms with Crippen LogP contribution in [0.3, 0.4) is 0 Å². The number of halogens is 1. The fourth-order valence-corrected chi connectivity index (χ4v) is 3.66. The average Bonchev–Trinajstić information content (AvgIpc) is 2.47. The first-order valence-electron chi connectivity index (χ1n) is 7.49. The highest BCUT2D eigenvalue weighted by Gasteiger charge is 2.18. The quantitative estimate of drug-likeness (QED) is 0.883. The van der Waals surface area contributed by atoms with Gasteiger partial charge in [0, 0.05) is 28.6 Å². The monoisotopic (exact) mass is 332 g/mol. The highest BCUT2D eigenvalue weighted by molar-refractivity contribution is 9.10. The van der Waals surface area contributed by atoms with E-state index in [1.165, 1.54) is 36.6 Å². The zero-order valence-corrected chi connectivity index (χ0v) is 13.5. The lowest BCUT2D eigenvalue weighted by molar-refractivity contribution is 0.301. The van der Waals surface area contributed by atoms with Gasteiger partial charge in [-0.25, -0.2) is 0 Å². The van der Waals surface area contributed by atoms with Crippen molar-refractivity contribution in [2.45, 2.75) is 45.2 Å². The Kier molecular flexibility index (Phi) is 4.37. The third-order valence-corrected chi connectivity index (χ3v) is 5.01. The van der Waals surface area contributed by atoms with Gasteiger partial charge < -0.3 is 5.32 Å². The smallest absolute Gasteiger partial charge is 0.0758 e. The van der Waals surface area contributed by atoms with Crippen LogP contribution in [0, 0.1) is 5.92 Å². The fourth-order valence-electron chi connectivity index (χ4n) is 3.21. The van der Waals surface area contributed by atoms with E-state index in [2.05, 4.69) is 51.4 Å². The van der Waals surface area contributed by atoms with Crippen LogP contribution >= 0.6 is 15.9 Å². The molecule has 0 bridgehead atoms. The second-order valence-electron chi connectivity index (χ2n) is 5.96. The molecule has 1 fully saturated rings. The second kappa shape index (κ2) is 6.23. The van der Waals surface area contributed by atoms with Gasteiger partial charge in [-0.3, -0.25) is 4.98 Å². The first-order valence-corrected chi connectivity index (χ1v) is 8.29. The van der Waals surface area contributed by atoms with Crippen molar-refractivity contribution in [3.63, 3.8) is 0 Å². The molecule has 1 N–H and O–H groups in total. The number of hydrogen-bond acceptors (Lipinski definition) is 2. The summed E-state index contributed by atoms with van der Waals surface area (Å²) in [5.41, 5.74) is 2.40. The number of nitrogens with zero attached hydrogens (tertiary/aromatic N) is 1. The summed E-state index contributed by atoms with van der Waals surface area (Å²) in [5.74, 6) is 0.862. The molecule has 0 radical (unpaired) electrons. The van der Waals surface area contributed by atoms with Gasteiger partial charge in [0.2, 0.25) is 0 Å². The van der Waals surface area contributed by atoms with E-state index in [1.807, 2.05) is 12.3 Å². The van der Waals surface area contributed by atoms with Crippen LogP contribution in [0.2, 0.25) is 0 Å². The molecule has 0 amide bonds. The van der Waals surface area contributed by atoms with Gasteiger partial charge in [-0.05, 0) is 36.5 Å². The Morgan fingerprint density at radius 1 is 1.30 bits per heavy atom. The van der Waals surface area contributed by atoms with Crippen molar-refractivity contribution < 1.29 is 0 Å². The van der Waals surface area contributed by atoms with Crippen molar-refractivity contribution >= 4 is 26.8 Å². The molecular weight excluding hydrogens is 312 g/mol. The predicted molar refractivity (Wildman–Crippen MR) is 87.7 cm³/mol. The predicted octanol–water partition coefficient (Wildman–Crippen LogP) is 4.67. The molecule has 1 aliphatic carbocycles. The van der Waals surface area contributed by atoms with Gasteiger partial charge in [0.1, 0.15) is 0 Å². The van der Waals surface area contributed by atoms with Crippen LogP contribution in [-0.2, 0) is 6.54 Å². The highest BCUT2D eigenvalue weighted by atomic mass is 79.9. The van der Waals surface area contributed by atoms with Crippen LogP contribution < -0.4 is 5.32 Å². The fraction of sp³-hybridized carbons (Fsp3) is 0.471. The summed E-state index contributed by atoms with van der Waals surface area (Å²) >= 11 is 3.61. The van der Waals surface area contributed by atoms with E-state index in [4.69, 9.17) is 0 Å². The molecule has 2 aromatic rings. The van der Waals surface area contributed by atoms with Crippen LogP contribution in [0.5, 0.6) is 0 Å². The minimum Gasteiger partial charge on any atom is -0.310 e. The molecule has 1 aliphatic rings. The van der Waals surface area contributed by atoms with E-state index in [9.17, 15) is 0 Å². The van der Waals surface area contributed by atoms with Crippen LogP contribution in [0.4, 0.5) is 0 Å². The summed E-state index contributed by atoms with van der Waals surface area (Å²) < 4.78 is 1.12. The largest absolute Gasteiger partial charge is 0.310 e. The second-order valence-corrected chi connectivity index (χ2v) is 6.81. The average molecular weight is 333 g/mol. The first kappa shape index (κ1) is 14.0. The zero-order chi connectivity index (χ0) is 13.9. The van der Waals surface area contributed by atoms with Crippen LogP contribution in [0.1, 0.15) is 38.2 Å². The Balaban J connectivity index is 1.76. The van der Waals surface area contributed by atoms with Gasteiger partial charge in [0.05, 0.1) is 5.52 Å². The molecule has 0 aliphatic heterocycles. The number of aromatic nitrogens is 1. The van der Waals surface area contributed by atoms with E-state index in [1.54, 1.807) is 0 Å². The third-order valence-electron chi connectivity index (χ3n) is 4.32. The van der Waals surface area contributed by atoms with Gasteiger partial charge in [0.15, 0.2) is 0 Å². The lowest BCUT2D eigenvalue weighted by Gasteiger charge is -2.27. The number of benzene rings is 1. The number of fused-ring (bicyclic) bond motifs is 1. The maximum atomic E-state index is 4.55. The molecule has 3 rings (SSSR count). The van der Waals surface area contributed by atoms with Gasteiger partial charge in [-0.15, -0.1) is 0 Å². The van der Waals surface area contributed by atoms with E-state index in [-0.39, 0.29) is 0 Å². The van der Waals surface area contributed by atoms with E-state index in [0.717, 1.165) is 22.5 Å². The van der Waals surface area contributed by atoms with Crippen LogP contribution in [0.15, 0.2) is 34.9 Å². The van der Waals surface area contributed by atoms with Crippen molar-refractivity contribution in [3.05, 3.63) is 40.5 Å². The molecule has 1 aromatic heterocycles. The molecule has 2 nitrogen and oxygen atoms in total. The summed E-state index contributed by atoms with van der Waals surface area (Å²) in [5, 5.41) is 4.92. The molecule has 3 heteroatoms. The molecular formula is C17H21BrN2. The Bertz CT molecular complexity index is 597. The van der Waals surface area contributed by atoms with Crippen molar-refractivity contribution in [3.8, 4) is 0 Å². The molecule has 1 saturated carbocycles. The van der Waals surface area contributed by atoms with Crippen molar-refractivity contribution in [1.29, 1.82) is 0 Å². The Morgan fingerprint density at radius 3 is 3.05 bits per heavy atom. The summed E-state index contributed by atoms with van der Waals surface area (Å²) in [6.45, 7) is 3.28. The maximum Gasteiger partial charge on any atom is 0.0758 e. The Labute approximate surface area is 129 Å². The summed E-state index contributed by atoms with van der Waals surface area (Å²) in [6, 6.07) is 9.09. The van der Waals surface area contributed by atoms with Crippen molar-refractivity contribution in [2.24, 2.45) is 5.92 Å². The SMILES string of the molecule is CC1CCCC(NCc2ccc(Br)c3cccnc23)C1. The Morgan fingerprint density at radius 2 is 2.20 bits per heavy atom. The standard InChI is InChI=1S/C17H21BrN2/c1-12-4-2-5-14(10-12)20-11-13-7-8-16(18)15-6-3-9-19-17(13)15/h3,6-9,12,14,20H,2,4-5,10-11H2,1H3. The lowest BCUT2D eigenvalue weighted by atomic mass is 9.87. The maximum absolute atomic E-state index is 4.55. The van der Waals surface area contributed by atoms with Gasteiger partial charge in [0.25, 0.3) is 0 Å². The van der Waals surface area contributed by atoms with Crippen LogP contribution in [-0.4, -0.2) is 11.0 Å². The number of pyridine rings is 1. The summed E-state index contributed by atoms with van der Waals surface area (Å²) in [6.07, 6.45) is 7.24. The topological polar surface area (TPSA) is 24.9 Å². The Hall–Kier alpha value is -0.930. The minimum absolute atomic E-state index is 0.668. The molecule has 2 unspecified atom stereocenters.